The summed E-state index contributed by atoms with van der Waals surface area (Å²) in [7, 11) is 0. The van der Waals surface area contributed by atoms with Crippen LogP contribution in [0.25, 0.3) is 0 Å². The number of rotatable bonds is 2. The number of nitrogens with one attached hydrogen (secondary N) is 1. The molecule has 1 aliphatic rings. The van der Waals surface area contributed by atoms with Gasteiger partial charge in [-0.2, -0.15) is 0 Å². The molecular formula is C11H18N4O. The van der Waals surface area contributed by atoms with E-state index in [0.29, 0.717) is 18.4 Å². The van der Waals surface area contributed by atoms with Crippen LogP contribution in [0.15, 0.2) is 10.9 Å². The van der Waals surface area contributed by atoms with Crippen molar-refractivity contribution in [3.8, 4) is 0 Å². The number of nitrogens with zero attached hydrogens (tertiary/aromatic N) is 2. The maximum Gasteiger partial charge on any atom is 0.252 e. The highest BCUT2D eigenvalue weighted by Gasteiger charge is 2.22. The van der Waals surface area contributed by atoms with Crippen LogP contribution < -0.4 is 16.2 Å². The summed E-state index contributed by atoms with van der Waals surface area (Å²) in [5, 5.41) is 0. The molecule has 1 aromatic heterocycles. The van der Waals surface area contributed by atoms with Crippen LogP contribution in [0.1, 0.15) is 25.1 Å². The fourth-order valence-electron chi connectivity index (χ4n) is 2.26. The number of nitrogens with two attached hydrogens (primary N) is 1. The Kier molecular flexibility index (Phi) is 3.24. The summed E-state index contributed by atoms with van der Waals surface area (Å²) < 4.78 is 0. The minimum atomic E-state index is -0.0937. The Morgan fingerprint density at radius 1 is 1.62 bits per heavy atom. The molecule has 0 bridgehead atoms. The Morgan fingerprint density at radius 3 is 3.12 bits per heavy atom. The Bertz CT molecular complexity index is 415. The van der Waals surface area contributed by atoms with Crippen molar-refractivity contribution in [1.29, 1.82) is 0 Å². The quantitative estimate of drug-likeness (QED) is 0.759. The van der Waals surface area contributed by atoms with E-state index < -0.39 is 0 Å². The Labute approximate surface area is 94.7 Å². The maximum atomic E-state index is 11.4. The SMILES string of the molecule is Cc1nc(N2CCCCC2CN)cc(=O)[nH]1. The van der Waals surface area contributed by atoms with Crippen LogP contribution in [0.2, 0.25) is 0 Å². The van der Waals surface area contributed by atoms with Gasteiger partial charge in [-0.1, -0.05) is 0 Å². The van der Waals surface area contributed by atoms with Crippen molar-refractivity contribution in [2.75, 3.05) is 18.0 Å². The van der Waals surface area contributed by atoms with E-state index in [4.69, 9.17) is 5.73 Å². The van der Waals surface area contributed by atoms with Crippen molar-refractivity contribution in [3.05, 3.63) is 22.2 Å². The van der Waals surface area contributed by atoms with Gasteiger partial charge in [0, 0.05) is 25.2 Å². The third-order valence-electron chi connectivity index (χ3n) is 3.04. The van der Waals surface area contributed by atoms with Crippen LogP contribution in [-0.2, 0) is 0 Å². The van der Waals surface area contributed by atoms with E-state index in [2.05, 4.69) is 14.9 Å². The van der Waals surface area contributed by atoms with Crippen LogP contribution in [0.4, 0.5) is 5.82 Å². The number of piperidine rings is 1. The molecule has 2 rings (SSSR count). The van der Waals surface area contributed by atoms with Gasteiger partial charge in [-0.25, -0.2) is 4.98 Å². The van der Waals surface area contributed by atoms with Gasteiger partial charge in [-0.15, -0.1) is 0 Å². The summed E-state index contributed by atoms with van der Waals surface area (Å²) >= 11 is 0. The third kappa shape index (κ3) is 2.24. The highest BCUT2D eigenvalue weighted by atomic mass is 16.1. The zero-order valence-electron chi connectivity index (χ0n) is 9.57. The van der Waals surface area contributed by atoms with E-state index in [1.807, 2.05) is 0 Å². The molecule has 2 heterocycles. The molecule has 1 aromatic rings. The number of aryl methyl sites for hydroxylation is 1. The lowest BCUT2D eigenvalue weighted by Crippen LogP contribution is -2.45. The third-order valence-corrected chi connectivity index (χ3v) is 3.04. The van der Waals surface area contributed by atoms with E-state index in [9.17, 15) is 4.79 Å². The predicted molar refractivity (Wildman–Crippen MR) is 63.6 cm³/mol. The van der Waals surface area contributed by atoms with Gasteiger partial charge >= 0.3 is 0 Å². The van der Waals surface area contributed by atoms with Gasteiger partial charge in [0.15, 0.2) is 0 Å². The predicted octanol–water partition coefficient (Wildman–Crippen LogP) is 0.396. The molecule has 16 heavy (non-hydrogen) atoms. The average molecular weight is 222 g/mol. The maximum absolute atomic E-state index is 11.4. The van der Waals surface area contributed by atoms with Crippen LogP contribution in [0.5, 0.6) is 0 Å². The Hall–Kier alpha value is -1.36. The lowest BCUT2D eigenvalue weighted by Gasteiger charge is -2.35. The summed E-state index contributed by atoms with van der Waals surface area (Å²) in [6.07, 6.45) is 3.44. The first-order valence-electron chi connectivity index (χ1n) is 5.75. The Balaban J connectivity index is 2.30. The molecule has 1 atom stereocenters. The monoisotopic (exact) mass is 222 g/mol. The number of hydrogen-bond donors (Lipinski definition) is 2. The minimum Gasteiger partial charge on any atom is -0.352 e. The lowest BCUT2D eigenvalue weighted by atomic mass is 10.0. The fourth-order valence-corrected chi connectivity index (χ4v) is 2.26. The molecule has 0 aliphatic carbocycles. The Morgan fingerprint density at radius 2 is 2.44 bits per heavy atom. The van der Waals surface area contributed by atoms with Gasteiger partial charge in [-0.05, 0) is 26.2 Å². The van der Waals surface area contributed by atoms with E-state index in [0.717, 1.165) is 25.2 Å². The summed E-state index contributed by atoms with van der Waals surface area (Å²) in [6, 6.07) is 1.88. The second-order valence-electron chi connectivity index (χ2n) is 4.27. The van der Waals surface area contributed by atoms with Crippen LogP contribution in [0.3, 0.4) is 0 Å². The normalized spacial score (nSPS) is 21.1. The van der Waals surface area contributed by atoms with Gasteiger partial charge in [0.1, 0.15) is 11.6 Å². The van der Waals surface area contributed by atoms with Gasteiger partial charge < -0.3 is 15.6 Å². The standard InChI is InChI=1S/C11H18N4O/c1-8-13-10(6-11(16)14-8)15-5-3-2-4-9(15)7-12/h6,9H,2-5,7,12H2,1H3,(H,13,14,16). The fraction of sp³-hybridized carbons (Fsp3) is 0.636. The van der Waals surface area contributed by atoms with E-state index in [1.165, 1.54) is 6.42 Å². The second kappa shape index (κ2) is 4.65. The van der Waals surface area contributed by atoms with Crippen LogP contribution >= 0.6 is 0 Å². The zero-order valence-corrected chi connectivity index (χ0v) is 9.57. The minimum absolute atomic E-state index is 0.0937. The average Bonchev–Trinajstić information content (AvgIpc) is 2.27. The number of aromatic amines is 1. The highest BCUT2D eigenvalue weighted by Crippen LogP contribution is 2.21. The molecule has 1 saturated heterocycles. The van der Waals surface area contributed by atoms with E-state index >= 15 is 0 Å². The van der Waals surface area contributed by atoms with Crippen molar-refractivity contribution in [2.24, 2.45) is 5.73 Å². The molecule has 0 aromatic carbocycles. The molecule has 0 spiro atoms. The molecule has 1 unspecified atom stereocenters. The highest BCUT2D eigenvalue weighted by molar-refractivity contribution is 5.39. The van der Waals surface area contributed by atoms with Crippen molar-refractivity contribution >= 4 is 5.82 Å². The first-order valence-corrected chi connectivity index (χ1v) is 5.75. The summed E-state index contributed by atoms with van der Waals surface area (Å²) in [6.45, 7) is 3.36. The van der Waals surface area contributed by atoms with E-state index in [-0.39, 0.29) is 5.56 Å². The van der Waals surface area contributed by atoms with Crippen molar-refractivity contribution in [1.82, 2.24) is 9.97 Å². The molecule has 1 fully saturated rings. The summed E-state index contributed by atoms with van der Waals surface area (Å²) in [4.78, 5) is 20.6. The van der Waals surface area contributed by atoms with Gasteiger partial charge in [0.2, 0.25) is 0 Å². The molecule has 0 saturated carbocycles. The molecule has 0 amide bonds. The van der Waals surface area contributed by atoms with Gasteiger partial charge in [0.05, 0.1) is 0 Å². The number of anilines is 1. The molecule has 5 heteroatoms. The van der Waals surface area contributed by atoms with Crippen molar-refractivity contribution in [3.63, 3.8) is 0 Å². The number of hydrogen-bond acceptors (Lipinski definition) is 4. The van der Waals surface area contributed by atoms with Gasteiger partial charge in [0.25, 0.3) is 5.56 Å². The summed E-state index contributed by atoms with van der Waals surface area (Å²) in [5.41, 5.74) is 5.66. The summed E-state index contributed by atoms with van der Waals surface area (Å²) in [5.74, 6) is 1.42. The first kappa shape index (κ1) is 11.1. The van der Waals surface area contributed by atoms with Crippen LogP contribution in [-0.4, -0.2) is 29.1 Å². The molecule has 0 radical (unpaired) electrons. The largest absolute Gasteiger partial charge is 0.352 e. The van der Waals surface area contributed by atoms with Crippen molar-refractivity contribution < 1.29 is 0 Å². The molecule has 3 N–H and O–H groups in total. The molecular weight excluding hydrogens is 204 g/mol. The first-order chi connectivity index (χ1) is 7.70. The molecule has 5 nitrogen and oxygen atoms in total. The molecule has 88 valence electrons. The van der Waals surface area contributed by atoms with Crippen LogP contribution in [0, 0.1) is 6.92 Å². The topological polar surface area (TPSA) is 75.0 Å². The second-order valence-corrected chi connectivity index (χ2v) is 4.27. The lowest BCUT2D eigenvalue weighted by molar-refractivity contribution is 0.461. The zero-order chi connectivity index (χ0) is 11.5. The van der Waals surface area contributed by atoms with E-state index in [1.54, 1.807) is 13.0 Å². The van der Waals surface area contributed by atoms with Crippen molar-refractivity contribution in [2.45, 2.75) is 32.2 Å². The number of H-pyrrole nitrogens is 1. The molecule has 1 aliphatic heterocycles. The smallest absolute Gasteiger partial charge is 0.252 e. The van der Waals surface area contributed by atoms with Gasteiger partial charge in [-0.3, -0.25) is 4.79 Å². The number of aromatic nitrogens is 2.